The van der Waals surface area contributed by atoms with E-state index in [-0.39, 0.29) is 11.4 Å². The second kappa shape index (κ2) is 5.67. The van der Waals surface area contributed by atoms with E-state index in [1.807, 2.05) is 20.8 Å². The lowest BCUT2D eigenvalue weighted by molar-refractivity contribution is -0.123. The van der Waals surface area contributed by atoms with Gasteiger partial charge in [0.2, 0.25) is 5.91 Å². The van der Waals surface area contributed by atoms with Gasteiger partial charge in [-0.05, 0) is 59.2 Å². The van der Waals surface area contributed by atoms with Crippen molar-refractivity contribution in [3.8, 4) is 0 Å². The summed E-state index contributed by atoms with van der Waals surface area (Å²) in [6, 6.07) is 0. The molecule has 94 valence electrons. The number of piperidine rings is 1. The SMILES string of the molecule is CCN1CCC(CC(=O)NC(C)(C)C)CC1. The molecule has 0 aliphatic carbocycles. The van der Waals surface area contributed by atoms with Gasteiger partial charge in [-0.25, -0.2) is 0 Å². The monoisotopic (exact) mass is 226 g/mol. The van der Waals surface area contributed by atoms with Crippen LogP contribution in [0.5, 0.6) is 0 Å². The fraction of sp³-hybridized carbons (Fsp3) is 0.923. The Morgan fingerprint density at radius 3 is 2.31 bits per heavy atom. The van der Waals surface area contributed by atoms with Gasteiger partial charge in [-0.1, -0.05) is 6.92 Å². The number of carbonyl (C=O) groups excluding carboxylic acids is 1. The molecule has 0 bridgehead atoms. The summed E-state index contributed by atoms with van der Waals surface area (Å²) in [5, 5.41) is 3.04. The van der Waals surface area contributed by atoms with Crippen molar-refractivity contribution in [3.05, 3.63) is 0 Å². The molecule has 0 atom stereocenters. The summed E-state index contributed by atoms with van der Waals surface area (Å²) in [5.74, 6) is 0.799. The minimum absolute atomic E-state index is 0.0960. The Hall–Kier alpha value is -0.570. The Morgan fingerprint density at radius 2 is 1.88 bits per heavy atom. The zero-order chi connectivity index (χ0) is 12.2. The van der Waals surface area contributed by atoms with Crippen molar-refractivity contribution >= 4 is 5.91 Å². The largest absolute Gasteiger partial charge is 0.352 e. The standard InChI is InChI=1S/C13H26N2O/c1-5-15-8-6-11(7-9-15)10-12(16)14-13(2,3)4/h11H,5-10H2,1-4H3,(H,14,16). The summed E-state index contributed by atoms with van der Waals surface area (Å²) in [4.78, 5) is 14.2. The van der Waals surface area contributed by atoms with Crippen LogP contribution >= 0.6 is 0 Å². The van der Waals surface area contributed by atoms with Crippen molar-refractivity contribution in [1.29, 1.82) is 0 Å². The van der Waals surface area contributed by atoms with Crippen molar-refractivity contribution in [2.45, 2.75) is 52.5 Å². The second-order valence-electron chi connectivity index (χ2n) is 5.88. The van der Waals surface area contributed by atoms with Crippen LogP contribution in [0.3, 0.4) is 0 Å². The Balaban J connectivity index is 2.26. The highest BCUT2D eigenvalue weighted by molar-refractivity contribution is 5.76. The van der Waals surface area contributed by atoms with Gasteiger partial charge in [0, 0.05) is 12.0 Å². The van der Waals surface area contributed by atoms with E-state index < -0.39 is 0 Å². The summed E-state index contributed by atoms with van der Waals surface area (Å²) in [7, 11) is 0. The van der Waals surface area contributed by atoms with Crippen LogP contribution in [-0.4, -0.2) is 36.0 Å². The first-order valence-corrected chi connectivity index (χ1v) is 6.44. The van der Waals surface area contributed by atoms with Gasteiger partial charge in [-0.15, -0.1) is 0 Å². The Kier molecular flexibility index (Phi) is 4.78. The minimum Gasteiger partial charge on any atom is -0.352 e. The Labute approximate surface area is 99.6 Å². The normalized spacial score (nSPS) is 19.8. The third-order valence-electron chi connectivity index (χ3n) is 3.14. The summed E-state index contributed by atoms with van der Waals surface area (Å²) in [5.41, 5.74) is -0.0960. The zero-order valence-electron chi connectivity index (χ0n) is 11.2. The van der Waals surface area contributed by atoms with Crippen molar-refractivity contribution in [1.82, 2.24) is 10.2 Å². The van der Waals surface area contributed by atoms with E-state index in [0.29, 0.717) is 12.3 Å². The van der Waals surface area contributed by atoms with Gasteiger partial charge >= 0.3 is 0 Å². The molecule has 0 spiro atoms. The van der Waals surface area contributed by atoms with E-state index in [9.17, 15) is 4.79 Å². The van der Waals surface area contributed by atoms with E-state index in [1.54, 1.807) is 0 Å². The van der Waals surface area contributed by atoms with Crippen LogP contribution < -0.4 is 5.32 Å². The summed E-state index contributed by atoms with van der Waals surface area (Å²) < 4.78 is 0. The summed E-state index contributed by atoms with van der Waals surface area (Å²) >= 11 is 0. The van der Waals surface area contributed by atoms with E-state index in [4.69, 9.17) is 0 Å². The molecule has 1 N–H and O–H groups in total. The average molecular weight is 226 g/mol. The van der Waals surface area contributed by atoms with Crippen LogP contribution in [-0.2, 0) is 4.79 Å². The fourth-order valence-corrected chi connectivity index (χ4v) is 2.24. The van der Waals surface area contributed by atoms with Gasteiger partial charge in [0.1, 0.15) is 0 Å². The third-order valence-corrected chi connectivity index (χ3v) is 3.14. The molecule has 1 aliphatic rings. The predicted molar refractivity (Wildman–Crippen MR) is 67.4 cm³/mol. The predicted octanol–water partition coefficient (Wildman–Crippen LogP) is 2.02. The summed E-state index contributed by atoms with van der Waals surface area (Å²) in [6.45, 7) is 11.8. The van der Waals surface area contributed by atoms with Crippen molar-refractivity contribution in [2.24, 2.45) is 5.92 Å². The average Bonchev–Trinajstić information content (AvgIpc) is 2.16. The van der Waals surface area contributed by atoms with E-state index in [0.717, 1.165) is 19.6 Å². The molecular formula is C13H26N2O. The molecule has 1 saturated heterocycles. The maximum Gasteiger partial charge on any atom is 0.220 e. The van der Waals surface area contributed by atoms with E-state index in [2.05, 4.69) is 17.1 Å². The number of carbonyl (C=O) groups is 1. The molecule has 1 heterocycles. The first kappa shape index (κ1) is 13.5. The fourth-order valence-electron chi connectivity index (χ4n) is 2.24. The van der Waals surface area contributed by atoms with Crippen LogP contribution in [0.1, 0.15) is 47.0 Å². The van der Waals surface area contributed by atoms with Gasteiger partial charge in [0.25, 0.3) is 0 Å². The van der Waals surface area contributed by atoms with Crippen LogP contribution in [0.2, 0.25) is 0 Å². The minimum atomic E-state index is -0.0960. The smallest absolute Gasteiger partial charge is 0.220 e. The number of rotatable bonds is 3. The number of amides is 1. The van der Waals surface area contributed by atoms with Gasteiger partial charge in [0.05, 0.1) is 0 Å². The first-order valence-electron chi connectivity index (χ1n) is 6.44. The highest BCUT2D eigenvalue weighted by Crippen LogP contribution is 2.20. The van der Waals surface area contributed by atoms with Crippen LogP contribution in [0.4, 0.5) is 0 Å². The van der Waals surface area contributed by atoms with E-state index >= 15 is 0 Å². The number of nitrogens with zero attached hydrogens (tertiary/aromatic N) is 1. The molecular weight excluding hydrogens is 200 g/mol. The lowest BCUT2D eigenvalue weighted by Crippen LogP contribution is -2.42. The molecule has 3 nitrogen and oxygen atoms in total. The number of hydrogen-bond donors (Lipinski definition) is 1. The zero-order valence-corrected chi connectivity index (χ0v) is 11.2. The van der Waals surface area contributed by atoms with Crippen LogP contribution in [0.15, 0.2) is 0 Å². The van der Waals surface area contributed by atoms with Crippen LogP contribution in [0.25, 0.3) is 0 Å². The van der Waals surface area contributed by atoms with Gasteiger partial charge in [0.15, 0.2) is 0 Å². The molecule has 0 aromatic heterocycles. The number of nitrogens with one attached hydrogen (secondary N) is 1. The lowest BCUT2D eigenvalue weighted by Gasteiger charge is -2.31. The maximum atomic E-state index is 11.8. The molecule has 0 saturated carbocycles. The Morgan fingerprint density at radius 1 is 1.31 bits per heavy atom. The van der Waals surface area contributed by atoms with Crippen molar-refractivity contribution < 1.29 is 4.79 Å². The molecule has 1 fully saturated rings. The maximum absolute atomic E-state index is 11.8. The number of likely N-dealkylation sites (tertiary alicyclic amines) is 1. The Bertz CT molecular complexity index is 225. The van der Waals surface area contributed by atoms with Crippen molar-refractivity contribution in [2.75, 3.05) is 19.6 Å². The quantitative estimate of drug-likeness (QED) is 0.798. The molecule has 16 heavy (non-hydrogen) atoms. The second-order valence-corrected chi connectivity index (χ2v) is 5.88. The van der Waals surface area contributed by atoms with Crippen molar-refractivity contribution in [3.63, 3.8) is 0 Å². The molecule has 1 aliphatic heterocycles. The topological polar surface area (TPSA) is 32.3 Å². The number of hydrogen-bond acceptors (Lipinski definition) is 2. The molecule has 3 heteroatoms. The molecule has 0 unspecified atom stereocenters. The molecule has 0 aromatic carbocycles. The third kappa shape index (κ3) is 4.97. The van der Waals surface area contributed by atoms with Gasteiger partial charge in [-0.3, -0.25) is 4.79 Å². The van der Waals surface area contributed by atoms with E-state index in [1.165, 1.54) is 12.8 Å². The first-order chi connectivity index (χ1) is 7.40. The van der Waals surface area contributed by atoms with Gasteiger partial charge in [-0.2, -0.15) is 0 Å². The summed E-state index contributed by atoms with van der Waals surface area (Å²) in [6.07, 6.45) is 3.05. The highest BCUT2D eigenvalue weighted by Gasteiger charge is 2.22. The molecule has 1 amide bonds. The van der Waals surface area contributed by atoms with Crippen LogP contribution in [0, 0.1) is 5.92 Å². The lowest BCUT2D eigenvalue weighted by atomic mass is 9.93. The molecule has 0 aromatic rings. The molecule has 0 radical (unpaired) electrons. The molecule has 1 rings (SSSR count). The highest BCUT2D eigenvalue weighted by atomic mass is 16.1. The van der Waals surface area contributed by atoms with Gasteiger partial charge < -0.3 is 10.2 Å².